The summed E-state index contributed by atoms with van der Waals surface area (Å²) >= 11 is 6.31. The van der Waals surface area contributed by atoms with Crippen LogP contribution in [0.25, 0.3) is 0 Å². The van der Waals surface area contributed by atoms with Gasteiger partial charge in [0.05, 0.1) is 28.3 Å². The van der Waals surface area contributed by atoms with Gasteiger partial charge in [0.1, 0.15) is 16.9 Å². The lowest BCUT2D eigenvalue weighted by Crippen LogP contribution is -2.30. The number of Topliss-reactive ketones (excluding diaryl/α,β-unsaturated/α-hetero) is 1. The Morgan fingerprint density at radius 2 is 1.74 bits per heavy atom. The van der Waals surface area contributed by atoms with Crippen molar-refractivity contribution in [2.75, 3.05) is 18.6 Å². The molecule has 0 fully saturated rings. The Morgan fingerprint density at radius 3 is 2.40 bits per heavy atom. The van der Waals surface area contributed by atoms with E-state index in [0.29, 0.717) is 10.5 Å². The monoisotopic (exact) mass is 494 g/mol. The van der Waals surface area contributed by atoms with Gasteiger partial charge >= 0.3 is 5.97 Å². The number of carbonyl (C=O) groups excluding carboxylic acids is 4. The van der Waals surface area contributed by atoms with Crippen molar-refractivity contribution in [3.05, 3.63) is 98.1 Å². The molecule has 4 rings (SSSR count). The molecule has 0 aliphatic carbocycles. The Labute approximate surface area is 202 Å². The third-order valence-corrected chi connectivity index (χ3v) is 5.55. The number of hydrogen-bond acceptors (Lipinski definition) is 8. The first-order chi connectivity index (χ1) is 16.7. The second-order valence-electron chi connectivity index (χ2n) is 7.27. The van der Waals surface area contributed by atoms with E-state index in [1.807, 2.05) is 0 Å². The number of benzene rings is 3. The van der Waals surface area contributed by atoms with E-state index < -0.39 is 40.8 Å². The molecule has 0 bridgehead atoms. The normalized spacial score (nSPS) is 12.3. The summed E-state index contributed by atoms with van der Waals surface area (Å²) in [7, 11) is 1.24. The molecule has 0 aromatic heterocycles. The molecule has 0 saturated carbocycles. The van der Waals surface area contributed by atoms with Gasteiger partial charge in [-0.05, 0) is 12.1 Å². The minimum absolute atomic E-state index is 0.0902. The summed E-state index contributed by atoms with van der Waals surface area (Å²) in [5, 5.41) is 11.2. The van der Waals surface area contributed by atoms with Crippen molar-refractivity contribution in [1.29, 1.82) is 0 Å². The Bertz CT molecular complexity index is 1400. The standard InChI is InChI=1S/C24H15ClN2O8/c1-34-20-11-18(26-22(29)14-8-5-9-17(27(32)33)21(14)23(26)30)16(25)10-15(20)24(31)35-12-19(28)13-6-3-2-4-7-13/h2-11H,12H2,1H3. The second-order valence-corrected chi connectivity index (χ2v) is 7.68. The number of anilines is 1. The van der Waals surface area contributed by atoms with E-state index in [4.69, 9.17) is 21.1 Å². The average Bonchev–Trinajstić information content (AvgIpc) is 3.12. The minimum Gasteiger partial charge on any atom is -0.496 e. The Hall–Kier alpha value is -4.57. The molecule has 0 spiro atoms. The van der Waals surface area contributed by atoms with Crippen LogP contribution in [0.5, 0.6) is 5.75 Å². The molecule has 11 heteroatoms. The molecular weight excluding hydrogens is 480 g/mol. The summed E-state index contributed by atoms with van der Waals surface area (Å²) in [5.74, 6) is -3.19. The van der Waals surface area contributed by atoms with Crippen LogP contribution in [0.3, 0.4) is 0 Å². The maximum Gasteiger partial charge on any atom is 0.342 e. The van der Waals surface area contributed by atoms with E-state index in [1.54, 1.807) is 30.3 Å². The number of rotatable bonds is 7. The summed E-state index contributed by atoms with van der Waals surface area (Å²) in [6.07, 6.45) is 0. The predicted octanol–water partition coefficient (Wildman–Crippen LogP) is 4.10. The molecule has 10 nitrogen and oxygen atoms in total. The Balaban J connectivity index is 1.63. The number of amides is 2. The summed E-state index contributed by atoms with van der Waals surface area (Å²) in [6.45, 7) is -0.534. The van der Waals surface area contributed by atoms with Gasteiger partial charge in [-0.25, -0.2) is 9.69 Å². The number of hydrogen-bond donors (Lipinski definition) is 0. The van der Waals surface area contributed by atoms with Gasteiger partial charge in [0, 0.05) is 17.7 Å². The molecule has 0 N–H and O–H groups in total. The van der Waals surface area contributed by atoms with Gasteiger partial charge in [-0.15, -0.1) is 0 Å². The molecule has 1 heterocycles. The molecule has 1 aliphatic heterocycles. The molecule has 1 aliphatic rings. The van der Waals surface area contributed by atoms with Crippen LogP contribution in [0, 0.1) is 10.1 Å². The molecule has 176 valence electrons. The third-order valence-electron chi connectivity index (χ3n) is 5.25. The van der Waals surface area contributed by atoms with Crippen molar-refractivity contribution in [2.45, 2.75) is 0 Å². The smallest absolute Gasteiger partial charge is 0.342 e. The summed E-state index contributed by atoms with van der Waals surface area (Å²) in [5.41, 5.74) is -0.955. The van der Waals surface area contributed by atoms with Crippen LogP contribution < -0.4 is 9.64 Å². The van der Waals surface area contributed by atoms with E-state index in [-0.39, 0.29) is 33.1 Å². The van der Waals surface area contributed by atoms with Crippen molar-refractivity contribution in [1.82, 2.24) is 0 Å². The van der Waals surface area contributed by atoms with E-state index in [1.165, 1.54) is 25.3 Å². The molecule has 35 heavy (non-hydrogen) atoms. The van der Waals surface area contributed by atoms with Gasteiger partial charge in [-0.1, -0.05) is 48.0 Å². The number of nitro benzene ring substituents is 1. The number of methoxy groups -OCH3 is 1. The maximum atomic E-state index is 13.0. The molecule has 0 radical (unpaired) electrons. The first-order valence-corrected chi connectivity index (χ1v) is 10.4. The fraction of sp³-hybridized carbons (Fsp3) is 0.0833. The number of ether oxygens (including phenoxy) is 2. The van der Waals surface area contributed by atoms with Crippen LogP contribution in [-0.2, 0) is 4.74 Å². The highest BCUT2D eigenvalue weighted by Crippen LogP contribution is 2.40. The first kappa shape index (κ1) is 23.6. The number of fused-ring (bicyclic) bond motifs is 1. The van der Waals surface area contributed by atoms with Crippen molar-refractivity contribution in [3.8, 4) is 5.75 Å². The highest BCUT2D eigenvalue weighted by Gasteiger charge is 2.43. The zero-order valence-electron chi connectivity index (χ0n) is 18.0. The molecule has 2 amide bonds. The molecular formula is C24H15ClN2O8. The molecule has 3 aromatic rings. The van der Waals surface area contributed by atoms with E-state index in [0.717, 1.165) is 12.1 Å². The lowest BCUT2D eigenvalue weighted by Gasteiger charge is -2.18. The number of carbonyl (C=O) groups is 4. The van der Waals surface area contributed by atoms with E-state index in [2.05, 4.69) is 0 Å². The van der Waals surface area contributed by atoms with Gasteiger partial charge in [0.15, 0.2) is 12.4 Å². The van der Waals surface area contributed by atoms with Crippen LogP contribution in [0.1, 0.15) is 41.4 Å². The average molecular weight is 495 g/mol. The lowest BCUT2D eigenvalue weighted by molar-refractivity contribution is -0.385. The minimum atomic E-state index is -0.940. The zero-order valence-corrected chi connectivity index (χ0v) is 18.8. The highest BCUT2D eigenvalue weighted by molar-refractivity contribution is 6.40. The number of imide groups is 1. The molecule has 3 aromatic carbocycles. The topological polar surface area (TPSA) is 133 Å². The fourth-order valence-corrected chi connectivity index (χ4v) is 3.85. The Kier molecular flexibility index (Phi) is 6.30. The number of ketones is 1. The van der Waals surface area contributed by atoms with E-state index in [9.17, 15) is 29.3 Å². The van der Waals surface area contributed by atoms with Gasteiger partial charge in [-0.3, -0.25) is 24.5 Å². The second kappa shape index (κ2) is 9.35. The van der Waals surface area contributed by atoms with Crippen molar-refractivity contribution < 1.29 is 33.6 Å². The van der Waals surface area contributed by atoms with Crippen LogP contribution in [0.15, 0.2) is 60.7 Å². The summed E-state index contributed by atoms with van der Waals surface area (Å²) in [4.78, 5) is 62.0. The predicted molar refractivity (Wildman–Crippen MR) is 123 cm³/mol. The lowest BCUT2D eigenvalue weighted by atomic mass is 10.1. The van der Waals surface area contributed by atoms with Crippen LogP contribution in [0.2, 0.25) is 5.02 Å². The largest absolute Gasteiger partial charge is 0.496 e. The number of nitro groups is 1. The quantitative estimate of drug-likeness (QED) is 0.157. The van der Waals surface area contributed by atoms with Crippen LogP contribution in [-0.4, -0.2) is 42.2 Å². The summed E-state index contributed by atoms with van der Waals surface area (Å²) < 4.78 is 10.3. The van der Waals surface area contributed by atoms with Crippen molar-refractivity contribution in [2.24, 2.45) is 0 Å². The number of halogens is 1. The molecule has 0 unspecified atom stereocenters. The highest BCUT2D eigenvalue weighted by atomic mass is 35.5. The first-order valence-electron chi connectivity index (χ1n) is 10.0. The van der Waals surface area contributed by atoms with Crippen molar-refractivity contribution in [3.63, 3.8) is 0 Å². The maximum absolute atomic E-state index is 13.0. The fourth-order valence-electron chi connectivity index (χ4n) is 3.60. The third kappa shape index (κ3) is 4.22. The SMILES string of the molecule is COc1cc(N2C(=O)c3cccc([N+](=O)[O-])c3C2=O)c(Cl)cc1C(=O)OCC(=O)c1ccccc1. The van der Waals surface area contributed by atoms with Gasteiger partial charge in [-0.2, -0.15) is 0 Å². The Morgan fingerprint density at radius 1 is 1.03 bits per heavy atom. The van der Waals surface area contributed by atoms with Gasteiger partial charge in [0.2, 0.25) is 0 Å². The number of nitrogens with zero attached hydrogens (tertiary/aromatic N) is 2. The molecule has 0 saturated heterocycles. The van der Waals surface area contributed by atoms with Crippen LogP contribution >= 0.6 is 11.6 Å². The van der Waals surface area contributed by atoms with Crippen molar-refractivity contribution >= 4 is 46.5 Å². The van der Waals surface area contributed by atoms with Gasteiger partial charge < -0.3 is 9.47 Å². The molecule has 0 atom stereocenters. The van der Waals surface area contributed by atoms with Crippen LogP contribution in [0.4, 0.5) is 11.4 Å². The number of esters is 1. The summed E-state index contributed by atoms with van der Waals surface area (Å²) in [6, 6.07) is 14.2. The zero-order chi connectivity index (χ0) is 25.3. The van der Waals surface area contributed by atoms with Gasteiger partial charge in [0.25, 0.3) is 17.5 Å². The van der Waals surface area contributed by atoms with E-state index >= 15 is 0 Å².